The molecule has 0 saturated carbocycles. The van der Waals surface area contributed by atoms with Gasteiger partial charge in [-0.1, -0.05) is 37.2 Å². The maximum atomic E-state index is 5.75. The van der Waals surface area contributed by atoms with Gasteiger partial charge < -0.3 is 14.0 Å². The van der Waals surface area contributed by atoms with Gasteiger partial charge in [0.2, 0.25) is 0 Å². The zero-order valence-corrected chi connectivity index (χ0v) is 17.5. The summed E-state index contributed by atoms with van der Waals surface area (Å²) in [5, 5.41) is 9.77. The Kier molecular flexibility index (Phi) is 7.37. The van der Waals surface area contributed by atoms with Crippen LogP contribution in [0.1, 0.15) is 32.3 Å². The molecule has 28 heavy (non-hydrogen) atoms. The molecule has 0 aliphatic rings. The first-order valence-corrected chi connectivity index (χ1v) is 10.7. The Balaban J connectivity index is 1.70. The molecule has 0 unspecified atom stereocenters. The van der Waals surface area contributed by atoms with Crippen molar-refractivity contribution in [3.63, 3.8) is 0 Å². The standard InChI is InChI=1S/C22H27N3O2S/c1-4-6-14-27-19-12-10-18(11-13-19)21-23-24-22(25(21)5-2)28-16-17-8-7-9-20(15-17)26-3/h7-13,15H,4-6,14,16H2,1-3H3. The third-order valence-electron chi connectivity index (χ3n) is 4.41. The maximum absolute atomic E-state index is 5.75. The Morgan fingerprint density at radius 2 is 1.82 bits per heavy atom. The van der Waals surface area contributed by atoms with Gasteiger partial charge in [0.25, 0.3) is 0 Å². The summed E-state index contributed by atoms with van der Waals surface area (Å²) >= 11 is 1.69. The Morgan fingerprint density at radius 3 is 2.54 bits per heavy atom. The lowest BCUT2D eigenvalue weighted by atomic mass is 10.2. The van der Waals surface area contributed by atoms with Crippen molar-refractivity contribution in [2.75, 3.05) is 13.7 Å². The quantitative estimate of drug-likeness (QED) is 0.336. The second kappa shape index (κ2) is 10.2. The average Bonchev–Trinajstić information content (AvgIpc) is 3.16. The largest absolute Gasteiger partial charge is 0.497 e. The minimum atomic E-state index is 0.756. The monoisotopic (exact) mass is 397 g/mol. The topological polar surface area (TPSA) is 49.2 Å². The van der Waals surface area contributed by atoms with Crippen molar-refractivity contribution in [3.8, 4) is 22.9 Å². The summed E-state index contributed by atoms with van der Waals surface area (Å²) in [5.41, 5.74) is 2.25. The van der Waals surface area contributed by atoms with Crippen molar-refractivity contribution in [2.45, 2.75) is 44.1 Å². The molecule has 0 bridgehead atoms. The highest BCUT2D eigenvalue weighted by Crippen LogP contribution is 2.28. The van der Waals surface area contributed by atoms with Crippen LogP contribution in [0.5, 0.6) is 11.5 Å². The fourth-order valence-corrected chi connectivity index (χ4v) is 3.78. The van der Waals surface area contributed by atoms with E-state index in [1.54, 1.807) is 18.9 Å². The lowest BCUT2D eigenvalue weighted by Crippen LogP contribution is -2.00. The van der Waals surface area contributed by atoms with Gasteiger partial charge in [-0.25, -0.2) is 0 Å². The van der Waals surface area contributed by atoms with Gasteiger partial charge in [-0.05, 0) is 55.3 Å². The van der Waals surface area contributed by atoms with Crippen molar-refractivity contribution >= 4 is 11.8 Å². The molecule has 0 saturated heterocycles. The smallest absolute Gasteiger partial charge is 0.191 e. The normalized spacial score (nSPS) is 10.8. The minimum Gasteiger partial charge on any atom is -0.497 e. The number of aromatic nitrogens is 3. The van der Waals surface area contributed by atoms with Gasteiger partial charge in [0, 0.05) is 17.9 Å². The molecule has 0 N–H and O–H groups in total. The van der Waals surface area contributed by atoms with Crippen molar-refractivity contribution in [1.29, 1.82) is 0 Å². The van der Waals surface area contributed by atoms with E-state index in [2.05, 4.69) is 40.7 Å². The van der Waals surface area contributed by atoms with Gasteiger partial charge in [-0.2, -0.15) is 0 Å². The van der Waals surface area contributed by atoms with Crippen LogP contribution in [0, 0.1) is 0 Å². The molecule has 5 nitrogen and oxygen atoms in total. The fourth-order valence-electron chi connectivity index (χ4n) is 2.84. The third kappa shape index (κ3) is 5.07. The lowest BCUT2D eigenvalue weighted by Gasteiger charge is -2.09. The number of unbranched alkanes of at least 4 members (excludes halogenated alkanes) is 1. The fraction of sp³-hybridized carbons (Fsp3) is 0.364. The van der Waals surface area contributed by atoms with Crippen LogP contribution in [0.3, 0.4) is 0 Å². The molecule has 148 valence electrons. The number of hydrogen-bond acceptors (Lipinski definition) is 5. The van der Waals surface area contributed by atoms with E-state index in [1.165, 1.54) is 5.56 Å². The molecule has 0 atom stereocenters. The highest BCUT2D eigenvalue weighted by atomic mass is 32.2. The van der Waals surface area contributed by atoms with Crippen LogP contribution in [0.25, 0.3) is 11.4 Å². The number of ether oxygens (including phenoxy) is 2. The van der Waals surface area contributed by atoms with Gasteiger partial charge in [-0.15, -0.1) is 10.2 Å². The molecule has 3 rings (SSSR count). The van der Waals surface area contributed by atoms with Crippen LogP contribution in [0.2, 0.25) is 0 Å². The Bertz CT molecular complexity index is 878. The van der Waals surface area contributed by atoms with E-state index in [1.807, 2.05) is 36.4 Å². The number of rotatable bonds is 10. The summed E-state index contributed by atoms with van der Waals surface area (Å²) in [6, 6.07) is 16.2. The summed E-state index contributed by atoms with van der Waals surface area (Å²) in [5.74, 6) is 3.47. The molecule has 0 amide bonds. The van der Waals surface area contributed by atoms with Gasteiger partial charge >= 0.3 is 0 Å². The molecule has 2 aromatic carbocycles. The summed E-state index contributed by atoms with van der Waals surface area (Å²) < 4.78 is 13.2. The summed E-state index contributed by atoms with van der Waals surface area (Å²) in [4.78, 5) is 0. The van der Waals surface area contributed by atoms with Crippen molar-refractivity contribution in [1.82, 2.24) is 14.8 Å². The van der Waals surface area contributed by atoms with Crippen LogP contribution in [-0.4, -0.2) is 28.5 Å². The van der Waals surface area contributed by atoms with Crippen LogP contribution < -0.4 is 9.47 Å². The Labute approximate surface area is 171 Å². The zero-order chi connectivity index (χ0) is 19.8. The lowest BCUT2D eigenvalue weighted by molar-refractivity contribution is 0.309. The number of methoxy groups -OCH3 is 1. The number of benzene rings is 2. The molecule has 0 aliphatic carbocycles. The molecular weight excluding hydrogens is 370 g/mol. The van der Waals surface area contributed by atoms with Crippen molar-refractivity contribution in [3.05, 3.63) is 54.1 Å². The first-order chi connectivity index (χ1) is 13.7. The first-order valence-electron chi connectivity index (χ1n) is 9.67. The number of thioether (sulfide) groups is 1. The molecular formula is C22H27N3O2S. The molecule has 1 aromatic heterocycles. The van der Waals surface area contributed by atoms with Crippen molar-refractivity contribution < 1.29 is 9.47 Å². The van der Waals surface area contributed by atoms with E-state index in [0.29, 0.717) is 0 Å². The Hall–Kier alpha value is -2.47. The predicted molar refractivity (Wildman–Crippen MR) is 114 cm³/mol. The van der Waals surface area contributed by atoms with E-state index < -0.39 is 0 Å². The molecule has 0 spiro atoms. The molecule has 0 radical (unpaired) electrons. The van der Waals surface area contributed by atoms with Crippen LogP contribution in [0.4, 0.5) is 0 Å². The van der Waals surface area contributed by atoms with Gasteiger partial charge in [0.15, 0.2) is 11.0 Å². The van der Waals surface area contributed by atoms with E-state index in [9.17, 15) is 0 Å². The average molecular weight is 398 g/mol. The van der Waals surface area contributed by atoms with E-state index >= 15 is 0 Å². The summed E-state index contributed by atoms with van der Waals surface area (Å²) in [6.07, 6.45) is 2.20. The van der Waals surface area contributed by atoms with E-state index in [-0.39, 0.29) is 0 Å². The summed E-state index contributed by atoms with van der Waals surface area (Å²) in [7, 11) is 1.69. The predicted octanol–water partition coefficient (Wildman–Crippen LogP) is 5.44. The van der Waals surface area contributed by atoms with Crippen LogP contribution >= 0.6 is 11.8 Å². The maximum Gasteiger partial charge on any atom is 0.191 e. The van der Waals surface area contributed by atoms with Crippen LogP contribution in [-0.2, 0) is 12.3 Å². The SMILES string of the molecule is CCCCOc1ccc(-c2nnc(SCc3cccc(OC)c3)n2CC)cc1. The molecule has 0 aliphatic heterocycles. The van der Waals surface area contributed by atoms with Gasteiger partial charge in [-0.3, -0.25) is 0 Å². The first kappa shape index (κ1) is 20.3. The van der Waals surface area contributed by atoms with E-state index in [4.69, 9.17) is 9.47 Å². The van der Waals surface area contributed by atoms with Crippen molar-refractivity contribution in [2.24, 2.45) is 0 Å². The Morgan fingerprint density at radius 1 is 1.00 bits per heavy atom. The zero-order valence-electron chi connectivity index (χ0n) is 16.7. The van der Waals surface area contributed by atoms with Gasteiger partial charge in [0.05, 0.1) is 13.7 Å². The number of nitrogens with zero attached hydrogens (tertiary/aromatic N) is 3. The highest BCUT2D eigenvalue weighted by Gasteiger charge is 2.13. The molecule has 6 heteroatoms. The molecule has 1 heterocycles. The molecule has 3 aromatic rings. The second-order valence-electron chi connectivity index (χ2n) is 6.42. The summed E-state index contributed by atoms with van der Waals surface area (Å²) in [6.45, 7) is 5.85. The highest BCUT2D eigenvalue weighted by molar-refractivity contribution is 7.98. The third-order valence-corrected chi connectivity index (χ3v) is 5.45. The minimum absolute atomic E-state index is 0.756. The van der Waals surface area contributed by atoms with E-state index in [0.717, 1.165) is 59.8 Å². The second-order valence-corrected chi connectivity index (χ2v) is 7.36. The van der Waals surface area contributed by atoms with Crippen LogP contribution in [0.15, 0.2) is 53.7 Å². The molecule has 0 fully saturated rings. The van der Waals surface area contributed by atoms with Gasteiger partial charge in [0.1, 0.15) is 11.5 Å². The number of hydrogen-bond donors (Lipinski definition) is 0.